The monoisotopic (exact) mass is 142 g/mol. The molecule has 0 spiro atoms. The van der Waals surface area contributed by atoms with Crippen molar-refractivity contribution in [1.29, 1.82) is 0 Å². The van der Waals surface area contributed by atoms with E-state index in [4.69, 9.17) is 5.73 Å². The van der Waals surface area contributed by atoms with Gasteiger partial charge in [-0.15, -0.1) is 0 Å². The molecule has 0 saturated carbocycles. The second-order valence-corrected chi connectivity index (χ2v) is 3.23. The Kier molecular flexibility index (Phi) is 1.68. The number of hydrogen-bond donors (Lipinski definition) is 1. The number of carbonyl (C=O) groups excluding carboxylic acids is 1. The minimum absolute atomic E-state index is 0.169. The molecule has 58 valence electrons. The molecule has 1 saturated heterocycles. The summed E-state index contributed by atoms with van der Waals surface area (Å²) in [5.41, 5.74) is 4.94. The largest absolute Gasteiger partial charge is 0.369 e. The van der Waals surface area contributed by atoms with E-state index in [1.165, 1.54) is 0 Å². The van der Waals surface area contributed by atoms with Crippen LogP contribution in [-0.4, -0.2) is 30.4 Å². The molecule has 1 amide bonds. The van der Waals surface area contributed by atoms with Gasteiger partial charge in [-0.3, -0.25) is 4.79 Å². The van der Waals surface area contributed by atoms with Gasteiger partial charge in [-0.25, -0.2) is 0 Å². The summed E-state index contributed by atoms with van der Waals surface area (Å²) < 4.78 is 0. The molecule has 0 unspecified atom stereocenters. The van der Waals surface area contributed by atoms with Gasteiger partial charge in [-0.1, -0.05) is 6.92 Å². The number of carbonyl (C=O) groups is 1. The molecule has 10 heavy (non-hydrogen) atoms. The molecular formula is C7H14N2O. The molecule has 1 aliphatic rings. The summed E-state index contributed by atoms with van der Waals surface area (Å²) >= 11 is 0. The van der Waals surface area contributed by atoms with E-state index in [-0.39, 0.29) is 11.3 Å². The standard InChI is InChI=1S/C7H14N2O/c1-3-9-4-7(2,5-9)6(8)10/h3-5H2,1-2H3,(H2,8,10). The van der Waals surface area contributed by atoms with E-state index in [0.717, 1.165) is 19.6 Å². The van der Waals surface area contributed by atoms with Crippen molar-refractivity contribution in [2.45, 2.75) is 13.8 Å². The van der Waals surface area contributed by atoms with Crippen LogP contribution < -0.4 is 5.73 Å². The summed E-state index contributed by atoms with van der Waals surface area (Å²) in [4.78, 5) is 13.0. The molecule has 0 atom stereocenters. The highest BCUT2D eigenvalue weighted by Crippen LogP contribution is 2.28. The number of primary amides is 1. The quantitative estimate of drug-likeness (QED) is 0.581. The Balaban J connectivity index is 2.42. The van der Waals surface area contributed by atoms with E-state index < -0.39 is 0 Å². The van der Waals surface area contributed by atoms with Gasteiger partial charge in [0.05, 0.1) is 5.41 Å². The zero-order valence-electron chi connectivity index (χ0n) is 6.55. The average molecular weight is 142 g/mol. The molecule has 0 aliphatic carbocycles. The molecule has 0 aromatic carbocycles. The maximum Gasteiger partial charge on any atom is 0.225 e. The maximum atomic E-state index is 10.8. The second kappa shape index (κ2) is 2.23. The van der Waals surface area contributed by atoms with Gasteiger partial charge in [0.25, 0.3) is 0 Å². The number of likely N-dealkylation sites (tertiary alicyclic amines) is 1. The smallest absolute Gasteiger partial charge is 0.225 e. The van der Waals surface area contributed by atoms with E-state index in [9.17, 15) is 4.79 Å². The third-order valence-electron chi connectivity index (χ3n) is 2.19. The van der Waals surface area contributed by atoms with E-state index >= 15 is 0 Å². The van der Waals surface area contributed by atoms with Gasteiger partial charge in [0.2, 0.25) is 5.91 Å². The number of amides is 1. The maximum absolute atomic E-state index is 10.8. The summed E-state index contributed by atoms with van der Waals surface area (Å²) in [6.07, 6.45) is 0. The van der Waals surface area contributed by atoms with Crippen molar-refractivity contribution < 1.29 is 4.79 Å². The highest BCUT2D eigenvalue weighted by molar-refractivity contribution is 5.82. The minimum Gasteiger partial charge on any atom is -0.369 e. The van der Waals surface area contributed by atoms with Crippen molar-refractivity contribution in [3.63, 3.8) is 0 Å². The second-order valence-electron chi connectivity index (χ2n) is 3.23. The summed E-state index contributed by atoms with van der Waals surface area (Å²) in [6, 6.07) is 0. The van der Waals surface area contributed by atoms with Crippen molar-refractivity contribution >= 4 is 5.91 Å². The first-order valence-electron chi connectivity index (χ1n) is 3.61. The van der Waals surface area contributed by atoms with Crippen LogP contribution >= 0.6 is 0 Å². The van der Waals surface area contributed by atoms with Gasteiger partial charge >= 0.3 is 0 Å². The molecule has 3 heteroatoms. The predicted octanol–water partition coefficient (Wildman–Crippen LogP) is -0.187. The van der Waals surface area contributed by atoms with E-state index in [1.807, 2.05) is 6.92 Å². The van der Waals surface area contributed by atoms with Crippen molar-refractivity contribution in [3.05, 3.63) is 0 Å². The first-order valence-corrected chi connectivity index (χ1v) is 3.61. The molecule has 2 N–H and O–H groups in total. The SMILES string of the molecule is CCN1CC(C)(C(N)=O)C1. The molecule has 1 rings (SSSR count). The molecule has 0 radical (unpaired) electrons. The van der Waals surface area contributed by atoms with Crippen LogP contribution in [0.15, 0.2) is 0 Å². The topological polar surface area (TPSA) is 46.3 Å². The Labute approximate surface area is 61.2 Å². The van der Waals surface area contributed by atoms with E-state index in [1.54, 1.807) is 0 Å². The number of hydrogen-bond acceptors (Lipinski definition) is 2. The fourth-order valence-electron chi connectivity index (χ4n) is 1.32. The number of nitrogens with two attached hydrogens (primary N) is 1. The Morgan fingerprint density at radius 1 is 1.70 bits per heavy atom. The van der Waals surface area contributed by atoms with Gasteiger partial charge in [0.1, 0.15) is 0 Å². The van der Waals surface area contributed by atoms with Crippen molar-refractivity contribution in [2.75, 3.05) is 19.6 Å². The Hall–Kier alpha value is -0.570. The fraction of sp³-hybridized carbons (Fsp3) is 0.857. The number of rotatable bonds is 2. The van der Waals surface area contributed by atoms with E-state index in [2.05, 4.69) is 11.8 Å². The molecule has 1 heterocycles. The van der Waals surface area contributed by atoms with Crippen LogP contribution in [0, 0.1) is 5.41 Å². The third kappa shape index (κ3) is 1.01. The lowest BCUT2D eigenvalue weighted by Gasteiger charge is -2.45. The van der Waals surface area contributed by atoms with Crippen LogP contribution in [0.2, 0.25) is 0 Å². The zero-order chi connectivity index (χ0) is 7.78. The first kappa shape index (κ1) is 7.54. The molecule has 3 nitrogen and oxygen atoms in total. The first-order chi connectivity index (χ1) is 4.58. The summed E-state index contributed by atoms with van der Waals surface area (Å²) in [5.74, 6) is -0.169. The van der Waals surface area contributed by atoms with Gasteiger partial charge in [-0.2, -0.15) is 0 Å². The van der Waals surface area contributed by atoms with Gasteiger partial charge in [0, 0.05) is 13.1 Å². The third-order valence-corrected chi connectivity index (χ3v) is 2.19. The molecule has 0 bridgehead atoms. The van der Waals surface area contributed by atoms with Crippen LogP contribution in [-0.2, 0) is 4.79 Å². The summed E-state index contributed by atoms with van der Waals surface area (Å²) in [5, 5.41) is 0. The fourth-order valence-corrected chi connectivity index (χ4v) is 1.32. The minimum atomic E-state index is -0.240. The van der Waals surface area contributed by atoms with Gasteiger partial charge in [0.15, 0.2) is 0 Å². The number of nitrogens with zero attached hydrogens (tertiary/aromatic N) is 1. The van der Waals surface area contributed by atoms with Crippen LogP contribution in [0.1, 0.15) is 13.8 Å². The van der Waals surface area contributed by atoms with Crippen LogP contribution in [0.5, 0.6) is 0 Å². The van der Waals surface area contributed by atoms with Crippen molar-refractivity contribution in [2.24, 2.45) is 11.1 Å². The molecule has 0 aromatic heterocycles. The highest BCUT2D eigenvalue weighted by Gasteiger charge is 2.42. The lowest BCUT2D eigenvalue weighted by Crippen LogP contribution is -2.60. The van der Waals surface area contributed by atoms with Crippen molar-refractivity contribution in [3.8, 4) is 0 Å². The molecule has 1 aliphatic heterocycles. The van der Waals surface area contributed by atoms with E-state index in [0.29, 0.717) is 0 Å². The lowest BCUT2D eigenvalue weighted by molar-refractivity contribution is -0.136. The van der Waals surface area contributed by atoms with Gasteiger partial charge in [-0.05, 0) is 13.5 Å². The Morgan fingerprint density at radius 3 is 2.50 bits per heavy atom. The van der Waals surface area contributed by atoms with Crippen LogP contribution in [0.4, 0.5) is 0 Å². The summed E-state index contributed by atoms with van der Waals surface area (Å²) in [7, 11) is 0. The van der Waals surface area contributed by atoms with Crippen molar-refractivity contribution in [1.82, 2.24) is 4.90 Å². The molecule has 0 aromatic rings. The zero-order valence-corrected chi connectivity index (χ0v) is 6.55. The molecule has 1 fully saturated rings. The summed E-state index contributed by atoms with van der Waals surface area (Å²) in [6.45, 7) is 6.68. The van der Waals surface area contributed by atoms with Crippen LogP contribution in [0.25, 0.3) is 0 Å². The van der Waals surface area contributed by atoms with Crippen LogP contribution in [0.3, 0.4) is 0 Å². The molecular weight excluding hydrogens is 128 g/mol. The average Bonchev–Trinajstić information content (AvgIpc) is 1.80. The Bertz CT molecular complexity index is 150. The Morgan fingerprint density at radius 2 is 2.20 bits per heavy atom. The lowest BCUT2D eigenvalue weighted by atomic mass is 9.81. The van der Waals surface area contributed by atoms with Gasteiger partial charge < -0.3 is 10.6 Å². The highest BCUT2D eigenvalue weighted by atomic mass is 16.1. The predicted molar refractivity (Wildman–Crippen MR) is 39.4 cm³/mol. The normalized spacial score (nSPS) is 23.8.